The summed E-state index contributed by atoms with van der Waals surface area (Å²) in [7, 11) is -2.39. The van der Waals surface area contributed by atoms with E-state index in [9.17, 15) is 18.5 Å². The lowest BCUT2D eigenvalue weighted by Crippen LogP contribution is -2.33. The van der Waals surface area contributed by atoms with Crippen molar-refractivity contribution in [2.75, 3.05) is 14.2 Å². The van der Waals surface area contributed by atoms with Gasteiger partial charge in [0.1, 0.15) is 0 Å². The predicted molar refractivity (Wildman–Crippen MR) is 75.3 cm³/mol. The Bertz CT molecular complexity index is 560. The molecule has 2 rings (SSSR count). The van der Waals surface area contributed by atoms with Gasteiger partial charge in [0.2, 0.25) is 0 Å². The summed E-state index contributed by atoms with van der Waals surface area (Å²) in [5.41, 5.74) is -1.09. The van der Waals surface area contributed by atoms with Gasteiger partial charge in [0.25, 0.3) is 0 Å². The third-order valence-corrected chi connectivity index (χ3v) is 5.51. The number of hydrogen-bond donors (Lipinski definition) is 1. The topological polar surface area (TPSA) is 65.0 Å². The van der Waals surface area contributed by atoms with Crippen LogP contribution in [-0.2, 0) is 18.1 Å². The van der Waals surface area contributed by atoms with Gasteiger partial charge in [-0.2, -0.15) is 8.78 Å². The average molecular weight is 336 g/mol. The van der Waals surface area contributed by atoms with Crippen molar-refractivity contribution in [1.82, 2.24) is 0 Å². The van der Waals surface area contributed by atoms with Gasteiger partial charge in [0.05, 0.1) is 11.5 Å². The molecule has 0 aliphatic heterocycles. The molecular weight excluding hydrogens is 317 g/mol. The van der Waals surface area contributed by atoms with E-state index in [2.05, 4.69) is 13.6 Å². The number of halogens is 2. The molecule has 1 saturated carbocycles. The van der Waals surface area contributed by atoms with E-state index in [4.69, 9.17) is 0 Å². The first-order valence-electron chi connectivity index (χ1n) is 6.72. The van der Waals surface area contributed by atoms with Gasteiger partial charge in [-0.15, -0.1) is 0 Å². The Labute approximate surface area is 127 Å². The zero-order valence-electron chi connectivity index (χ0n) is 12.5. The number of phosphoric ester groups is 1. The van der Waals surface area contributed by atoms with Crippen LogP contribution in [0.5, 0.6) is 0 Å². The second kappa shape index (κ2) is 5.98. The number of aliphatic hydroxyl groups excluding tert-OH is 1. The molecule has 0 radical (unpaired) electrons. The van der Waals surface area contributed by atoms with Gasteiger partial charge in [0, 0.05) is 20.1 Å². The third-order valence-electron chi connectivity index (χ3n) is 4.16. The van der Waals surface area contributed by atoms with E-state index in [1.165, 1.54) is 6.92 Å². The standard InChI is InChI=1S/C14H19F2O5P/c1-13(14(15,16)21-22(18,19-2)20-3)9-11(13)12(17)10-7-5-4-6-8-10/h4-8,11-12,17H,9H2,1-3H3/t11-,12+,13+/m0/s1. The fraction of sp³-hybridized carbons (Fsp3) is 0.571. The van der Waals surface area contributed by atoms with Gasteiger partial charge < -0.3 is 5.11 Å². The second-order valence-corrected chi connectivity index (χ2v) is 7.31. The summed E-state index contributed by atoms with van der Waals surface area (Å²) in [6, 6.07) is 8.54. The fourth-order valence-corrected chi connectivity index (χ4v) is 3.26. The van der Waals surface area contributed by atoms with E-state index in [0.29, 0.717) is 5.56 Å². The van der Waals surface area contributed by atoms with E-state index in [0.717, 1.165) is 14.2 Å². The van der Waals surface area contributed by atoms with Crippen LogP contribution in [0, 0.1) is 11.3 Å². The minimum atomic E-state index is -4.32. The number of rotatable bonds is 7. The van der Waals surface area contributed by atoms with Crippen molar-refractivity contribution in [2.45, 2.75) is 25.6 Å². The van der Waals surface area contributed by atoms with Crippen LogP contribution < -0.4 is 0 Å². The summed E-state index contributed by atoms with van der Waals surface area (Å²) >= 11 is 0. The van der Waals surface area contributed by atoms with Crippen LogP contribution >= 0.6 is 7.82 Å². The highest BCUT2D eigenvalue weighted by Gasteiger charge is 2.71. The van der Waals surface area contributed by atoms with Gasteiger partial charge in [-0.3, -0.25) is 9.05 Å². The number of phosphoric acid groups is 1. The maximum absolute atomic E-state index is 14.3. The lowest BCUT2D eigenvalue weighted by atomic mass is 9.97. The van der Waals surface area contributed by atoms with Crippen LogP contribution in [-0.4, -0.2) is 25.4 Å². The first kappa shape index (κ1) is 17.5. The maximum Gasteiger partial charge on any atom is 0.479 e. The van der Waals surface area contributed by atoms with Crippen molar-refractivity contribution >= 4 is 7.82 Å². The lowest BCUT2D eigenvalue weighted by Gasteiger charge is -2.27. The van der Waals surface area contributed by atoms with Gasteiger partial charge in [-0.1, -0.05) is 37.3 Å². The zero-order chi connectivity index (χ0) is 16.6. The highest BCUT2D eigenvalue weighted by atomic mass is 31.2. The van der Waals surface area contributed by atoms with Crippen LogP contribution in [0.15, 0.2) is 30.3 Å². The molecule has 8 heteroatoms. The minimum Gasteiger partial charge on any atom is -0.388 e. The summed E-state index contributed by atoms with van der Waals surface area (Å²) < 4.78 is 53.5. The SMILES string of the molecule is COP(=O)(OC)OC(F)(F)[C@]1(C)C[C@H]1[C@H](O)c1ccccc1. The molecule has 22 heavy (non-hydrogen) atoms. The smallest absolute Gasteiger partial charge is 0.388 e. The Hall–Kier alpha value is -0.850. The van der Waals surface area contributed by atoms with Crippen molar-refractivity contribution in [3.63, 3.8) is 0 Å². The largest absolute Gasteiger partial charge is 0.479 e. The summed E-state index contributed by atoms with van der Waals surface area (Å²) in [6.45, 7) is 1.28. The van der Waals surface area contributed by atoms with Gasteiger partial charge >= 0.3 is 13.9 Å². The summed E-state index contributed by atoms with van der Waals surface area (Å²) in [4.78, 5) is 0. The van der Waals surface area contributed by atoms with Gasteiger partial charge in [-0.05, 0) is 12.0 Å². The molecule has 0 saturated heterocycles. The molecule has 124 valence electrons. The molecule has 0 unspecified atom stereocenters. The molecule has 0 amide bonds. The summed E-state index contributed by atoms with van der Waals surface area (Å²) in [5.74, 6) is -0.716. The van der Waals surface area contributed by atoms with Crippen LogP contribution in [0.1, 0.15) is 25.0 Å². The summed E-state index contributed by atoms with van der Waals surface area (Å²) in [5, 5.41) is 10.3. The highest BCUT2D eigenvalue weighted by molar-refractivity contribution is 7.48. The van der Waals surface area contributed by atoms with E-state index < -0.39 is 31.4 Å². The predicted octanol–water partition coefficient (Wildman–Crippen LogP) is 3.76. The Kier molecular flexibility index (Phi) is 4.76. The number of alkyl halides is 2. The van der Waals surface area contributed by atoms with Crippen molar-refractivity contribution < 1.29 is 32.0 Å². The Morgan fingerprint density at radius 3 is 2.36 bits per heavy atom. The number of benzene rings is 1. The quantitative estimate of drug-likeness (QED) is 0.768. The number of aliphatic hydroxyl groups is 1. The van der Waals surface area contributed by atoms with Crippen LogP contribution in [0.3, 0.4) is 0 Å². The lowest BCUT2D eigenvalue weighted by molar-refractivity contribution is -0.239. The molecule has 1 N–H and O–H groups in total. The first-order valence-corrected chi connectivity index (χ1v) is 8.18. The molecule has 1 aliphatic rings. The van der Waals surface area contributed by atoms with Crippen molar-refractivity contribution in [1.29, 1.82) is 0 Å². The van der Waals surface area contributed by atoms with Crippen molar-refractivity contribution in [3.05, 3.63) is 35.9 Å². The van der Waals surface area contributed by atoms with Crippen LogP contribution in [0.4, 0.5) is 8.78 Å². The molecule has 0 bridgehead atoms. The molecular formula is C14H19F2O5P. The van der Waals surface area contributed by atoms with E-state index in [1.807, 2.05) is 0 Å². The average Bonchev–Trinajstić information content (AvgIpc) is 3.21. The Morgan fingerprint density at radius 1 is 1.32 bits per heavy atom. The Morgan fingerprint density at radius 2 is 1.86 bits per heavy atom. The van der Waals surface area contributed by atoms with Gasteiger partial charge in [-0.25, -0.2) is 9.09 Å². The molecule has 0 spiro atoms. The Balaban J connectivity index is 2.14. The molecule has 1 fully saturated rings. The van der Waals surface area contributed by atoms with Gasteiger partial charge in [0.15, 0.2) is 0 Å². The maximum atomic E-state index is 14.3. The zero-order valence-corrected chi connectivity index (χ0v) is 13.4. The summed E-state index contributed by atoms with van der Waals surface area (Å²) in [6.07, 6.45) is -4.77. The third kappa shape index (κ3) is 3.09. The molecule has 1 aliphatic carbocycles. The molecule has 3 atom stereocenters. The van der Waals surface area contributed by atoms with E-state index in [-0.39, 0.29) is 6.42 Å². The fourth-order valence-electron chi connectivity index (χ4n) is 2.47. The molecule has 5 nitrogen and oxygen atoms in total. The van der Waals surface area contributed by atoms with Crippen molar-refractivity contribution in [3.8, 4) is 0 Å². The molecule has 0 aromatic heterocycles. The number of hydrogen-bond acceptors (Lipinski definition) is 5. The highest BCUT2D eigenvalue weighted by Crippen LogP contribution is 2.69. The molecule has 0 heterocycles. The monoisotopic (exact) mass is 336 g/mol. The normalized spacial score (nSPS) is 26.7. The first-order chi connectivity index (χ1) is 10.2. The minimum absolute atomic E-state index is 0.0312. The van der Waals surface area contributed by atoms with E-state index >= 15 is 0 Å². The van der Waals surface area contributed by atoms with E-state index in [1.54, 1.807) is 30.3 Å². The van der Waals surface area contributed by atoms with Crippen LogP contribution in [0.25, 0.3) is 0 Å². The van der Waals surface area contributed by atoms with Crippen molar-refractivity contribution in [2.24, 2.45) is 11.3 Å². The second-order valence-electron chi connectivity index (χ2n) is 5.50. The van der Waals surface area contributed by atoms with Crippen LogP contribution in [0.2, 0.25) is 0 Å². The molecule has 1 aromatic carbocycles. The molecule has 1 aromatic rings.